The molecule has 3 rings (SSSR count). The number of benzene rings is 1. The average Bonchev–Trinajstić information content (AvgIpc) is 2.87. The number of nitro groups is 1. The number of hydrogen-bond acceptors (Lipinski definition) is 5. The van der Waals surface area contributed by atoms with Crippen LogP contribution in [0.5, 0.6) is 0 Å². The van der Waals surface area contributed by atoms with Gasteiger partial charge in [-0.2, -0.15) is 0 Å². The van der Waals surface area contributed by atoms with Gasteiger partial charge in [0.2, 0.25) is 5.89 Å². The fraction of sp³-hybridized carbons (Fsp3) is 0.308. The van der Waals surface area contributed by atoms with Crippen molar-refractivity contribution in [1.82, 2.24) is 4.98 Å². The van der Waals surface area contributed by atoms with Gasteiger partial charge in [-0.25, -0.2) is 4.98 Å². The van der Waals surface area contributed by atoms with Crippen molar-refractivity contribution in [1.29, 1.82) is 0 Å². The van der Waals surface area contributed by atoms with E-state index in [4.69, 9.17) is 4.42 Å². The topological polar surface area (TPSA) is 81.2 Å². The van der Waals surface area contributed by atoms with Gasteiger partial charge in [-0.3, -0.25) is 10.1 Å². The molecule has 1 aliphatic carbocycles. The largest absolute Gasteiger partial charge is 0.445 e. The van der Waals surface area contributed by atoms with Crippen LogP contribution in [0.1, 0.15) is 19.3 Å². The molecule has 1 N–H and O–H groups in total. The molecule has 98 valence electrons. The normalized spacial score (nSPS) is 14.9. The SMILES string of the molecule is O=[N+]([O-])c1ccc(-c2ncco2)cc1NC1CCC1. The first-order chi connectivity index (χ1) is 9.24. The van der Waals surface area contributed by atoms with Gasteiger partial charge in [-0.15, -0.1) is 0 Å². The summed E-state index contributed by atoms with van der Waals surface area (Å²) in [6.07, 6.45) is 6.32. The van der Waals surface area contributed by atoms with Crippen LogP contribution in [0.25, 0.3) is 11.5 Å². The second-order valence-electron chi connectivity index (χ2n) is 4.60. The van der Waals surface area contributed by atoms with Crippen molar-refractivity contribution in [2.75, 3.05) is 5.32 Å². The molecule has 0 aliphatic heterocycles. The average molecular weight is 259 g/mol. The van der Waals surface area contributed by atoms with Gasteiger partial charge in [0.15, 0.2) is 0 Å². The molecular formula is C13H13N3O3. The Balaban J connectivity index is 1.96. The van der Waals surface area contributed by atoms with E-state index >= 15 is 0 Å². The van der Waals surface area contributed by atoms with E-state index in [0.29, 0.717) is 17.6 Å². The quantitative estimate of drug-likeness (QED) is 0.673. The molecule has 0 bridgehead atoms. The Morgan fingerprint density at radius 2 is 2.26 bits per heavy atom. The molecule has 1 aromatic carbocycles. The minimum absolute atomic E-state index is 0.0854. The summed E-state index contributed by atoms with van der Waals surface area (Å²) in [5.74, 6) is 0.464. The lowest BCUT2D eigenvalue weighted by Crippen LogP contribution is -2.27. The van der Waals surface area contributed by atoms with Crippen molar-refractivity contribution in [2.45, 2.75) is 25.3 Å². The first-order valence-electron chi connectivity index (χ1n) is 6.19. The third-order valence-corrected chi connectivity index (χ3v) is 3.34. The first kappa shape index (κ1) is 11.7. The van der Waals surface area contributed by atoms with E-state index in [9.17, 15) is 10.1 Å². The number of nitro benzene ring substituents is 1. The van der Waals surface area contributed by atoms with Gasteiger partial charge >= 0.3 is 0 Å². The number of nitrogens with zero attached hydrogens (tertiary/aromatic N) is 2. The number of oxazole rings is 1. The third-order valence-electron chi connectivity index (χ3n) is 3.34. The lowest BCUT2D eigenvalue weighted by atomic mass is 9.93. The molecular weight excluding hydrogens is 246 g/mol. The van der Waals surface area contributed by atoms with E-state index in [1.165, 1.54) is 18.8 Å². The lowest BCUT2D eigenvalue weighted by molar-refractivity contribution is -0.384. The lowest BCUT2D eigenvalue weighted by Gasteiger charge is -2.27. The van der Waals surface area contributed by atoms with Crippen LogP contribution >= 0.6 is 0 Å². The molecule has 0 spiro atoms. The van der Waals surface area contributed by atoms with Gasteiger partial charge in [-0.05, 0) is 31.4 Å². The number of anilines is 1. The first-order valence-corrected chi connectivity index (χ1v) is 6.19. The standard InChI is InChI=1S/C13H13N3O3/c17-16(18)12-5-4-9(13-14-6-7-19-13)8-11(12)15-10-2-1-3-10/h4-8,10,15H,1-3H2. The zero-order valence-electron chi connectivity index (χ0n) is 10.2. The highest BCUT2D eigenvalue weighted by Gasteiger charge is 2.22. The number of aromatic nitrogens is 1. The predicted molar refractivity (Wildman–Crippen MR) is 69.9 cm³/mol. The molecule has 1 aromatic heterocycles. The van der Waals surface area contributed by atoms with E-state index < -0.39 is 0 Å². The summed E-state index contributed by atoms with van der Waals surface area (Å²) in [7, 11) is 0. The Bertz CT molecular complexity index is 591. The monoisotopic (exact) mass is 259 g/mol. The van der Waals surface area contributed by atoms with E-state index in [2.05, 4.69) is 10.3 Å². The maximum absolute atomic E-state index is 11.0. The number of nitrogens with one attached hydrogen (secondary N) is 1. The van der Waals surface area contributed by atoms with Crippen molar-refractivity contribution >= 4 is 11.4 Å². The Kier molecular flexibility index (Phi) is 2.91. The highest BCUT2D eigenvalue weighted by molar-refractivity contribution is 5.70. The van der Waals surface area contributed by atoms with E-state index in [0.717, 1.165) is 18.4 Å². The van der Waals surface area contributed by atoms with Gasteiger partial charge in [0.25, 0.3) is 5.69 Å². The summed E-state index contributed by atoms with van der Waals surface area (Å²) in [4.78, 5) is 14.7. The Morgan fingerprint density at radius 1 is 1.42 bits per heavy atom. The van der Waals surface area contributed by atoms with Crippen molar-refractivity contribution in [3.63, 3.8) is 0 Å². The summed E-state index contributed by atoms with van der Waals surface area (Å²) in [6.45, 7) is 0. The fourth-order valence-corrected chi connectivity index (χ4v) is 2.08. The van der Waals surface area contributed by atoms with Gasteiger partial charge in [-0.1, -0.05) is 0 Å². The highest BCUT2D eigenvalue weighted by atomic mass is 16.6. The van der Waals surface area contributed by atoms with E-state index in [-0.39, 0.29) is 10.6 Å². The minimum atomic E-state index is -0.375. The molecule has 0 saturated heterocycles. The molecule has 1 aliphatic rings. The van der Waals surface area contributed by atoms with Crippen LogP contribution in [-0.4, -0.2) is 15.9 Å². The molecule has 0 atom stereocenters. The summed E-state index contributed by atoms with van der Waals surface area (Å²) in [5, 5.41) is 14.3. The molecule has 19 heavy (non-hydrogen) atoms. The molecule has 1 fully saturated rings. The van der Waals surface area contributed by atoms with Crippen LogP contribution < -0.4 is 5.32 Å². The second-order valence-corrected chi connectivity index (χ2v) is 4.60. The summed E-state index contributed by atoms with van der Waals surface area (Å²) in [6, 6.07) is 5.19. The molecule has 6 nitrogen and oxygen atoms in total. The molecule has 2 aromatic rings. The second kappa shape index (κ2) is 4.72. The Labute approximate surface area is 109 Å². The van der Waals surface area contributed by atoms with Crippen LogP contribution in [0.4, 0.5) is 11.4 Å². The number of rotatable bonds is 4. The molecule has 0 unspecified atom stereocenters. The molecule has 1 saturated carbocycles. The maximum Gasteiger partial charge on any atom is 0.292 e. The van der Waals surface area contributed by atoms with E-state index in [1.807, 2.05) is 0 Å². The molecule has 1 heterocycles. The third kappa shape index (κ3) is 2.29. The van der Waals surface area contributed by atoms with Crippen molar-refractivity contribution in [3.05, 3.63) is 40.8 Å². The van der Waals surface area contributed by atoms with E-state index in [1.54, 1.807) is 18.3 Å². The van der Waals surface area contributed by atoms with Crippen molar-refractivity contribution in [3.8, 4) is 11.5 Å². The Morgan fingerprint density at radius 3 is 2.84 bits per heavy atom. The van der Waals surface area contributed by atoms with Gasteiger partial charge in [0.1, 0.15) is 12.0 Å². The van der Waals surface area contributed by atoms with Crippen LogP contribution in [-0.2, 0) is 0 Å². The zero-order valence-corrected chi connectivity index (χ0v) is 10.2. The molecule has 0 amide bonds. The minimum Gasteiger partial charge on any atom is -0.445 e. The molecule has 0 radical (unpaired) electrons. The summed E-state index contributed by atoms with van der Waals surface area (Å²) < 4.78 is 5.21. The number of hydrogen-bond donors (Lipinski definition) is 1. The molecule has 6 heteroatoms. The zero-order chi connectivity index (χ0) is 13.2. The van der Waals surface area contributed by atoms with Crippen LogP contribution in [0.3, 0.4) is 0 Å². The summed E-state index contributed by atoms with van der Waals surface area (Å²) >= 11 is 0. The van der Waals surface area contributed by atoms with Crippen LogP contribution in [0, 0.1) is 10.1 Å². The van der Waals surface area contributed by atoms with Gasteiger partial charge < -0.3 is 9.73 Å². The van der Waals surface area contributed by atoms with Crippen molar-refractivity contribution < 1.29 is 9.34 Å². The maximum atomic E-state index is 11.0. The van der Waals surface area contributed by atoms with Gasteiger partial charge in [0, 0.05) is 17.7 Å². The van der Waals surface area contributed by atoms with Crippen molar-refractivity contribution in [2.24, 2.45) is 0 Å². The van der Waals surface area contributed by atoms with Gasteiger partial charge in [0.05, 0.1) is 11.1 Å². The van der Waals surface area contributed by atoms with Crippen LogP contribution in [0.2, 0.25) is 0 Å². The Hall–Kier alpha value is -2.37. The highest BCUT2D eigenvalue weighted by Crippen LogP contribution is 2.33. The smallest absolute Gasteiger partial charge is 0.292 e. The predicted octanol–water partition coefficient (Wildman–Crippen LogP) is 3.21. The van der Waals surface area contributed by atoms with Crippen LogP contribution in [0.15, 0.2) is 35.1 Å². The fourth-order valence-electron chi connectivity index (χ4n) is 2.08. The summed E-state index contributed by atoms with van der Waals surface area (Å²) in [5.41, 5.74) is 1.35.